The molecule has 0 aliphatic rings. The first kappa shape index (κ1) is 69.9. The second-order valence-electron chi connectivity index (χ2n) is 12.7. The minimum atomic E-state index is -0.311. The molecule has 1 N–H and O–H groups in total. The van der Waals surface area contributed by atoms with Gasteiger partial charge in [0.2, 0.25) is 0 Å². The zero-order chi connectivity index (χ0) is 52.5. The Morgan fingerprint density at radius 2 is 0.973 bits per heavy atom. The fraction of sp³-hybridized carbons (Fsp3) is 0.125. The number of nitrogens with one attached hydrogen (secondary N) is 1. The van der Waals surface area contributed by atoms with E-state index in [1.807, 2.05) is 191 Å². The van der Waals surface area contributed by atoms with Crippen LogP contribution < -0.4 is 108 Å². The number of aldehydes is 1. The molecule has 0 saturated heterocycles. The van der Waals surface area contributed by atoms with Crippen molar-refractivity contribution in [2.75, 3.05) is 5.34 Å². The van der Waals surface area contributed by atoms with Crippen LogP contribution in [0.2, 0.25) is 0 Å². The smallest absolute Gasteiger partial charge is 1.00 e. The number of imidazole rings is 3. The summed E-state index contributed by atoms with van der Waals surface area (Å²) < 4.78 is 16.0. The van der Waals surface area contributed by atoms with Gasteiger partial charge in [-0.25, -0.2) is 19.3 Å². The van der Waals surface area contributed by atoms with Crippen molar-refractivity contribution in [3.8, 4) is 57.3 Å². The molecule has 0 fully saturated rings. The van der Waals surface area contributed by atoms with Crippen LogP contribution >= 0.6 is 23.2 Å². The van der Waals surface area contributed by atoms with E-state index < -0.39 is 0 Å². The number of aromatic amines is 1. The summed E-state index contributed by atoms with van der Waals surface area (Å²) in [5, 5.41) is 25.7. The maximum Gasteiger partial charge on any atom is 1.00 e. The summed E-state index contributed by atoms with van der Waals surface area (Å²) >= 11 is 9.53. The zero-order valence-corrected chi connectivity index (χ0v) is 50.1. The normalized spacial score (nSPS) is 8.60. The van der Waals surface area contributed by atoms with Crippen LogP contribution in [0.1, 0.15) is 64.5 Å². The summed E-state index contributed by atoms with van der Waals surface area (Å²) in [5.41, 5.74) is 10.1. The van der Waals surface area contributed by atoms with Gasteiger partial charge < -0.3 is 25.7 Å². The van der Waals surface area contributed by atoms with Gasteiger partial charge in [0, 0.05) is 40.5 Å². The Morgan fingerprint density at radius 3 is 1.30 bits per heavy atom. The average molecular weight is 1070 g/mol. The summed E-state index contributed by atoms with van der Waals surface area (Å²) in [6.07, 6.45) is 11.9. The number of halogens is 3. The SMILES string of the molecule is CC.CC.CC.ClCCl.N#Cc1ccc(-n2cnc(-c3ccccc3)c2)cc1.N#Cc1ccc(F)cc1.O=CO[O-].O=Cc1ccc(-n2cnc(-c3ccccc3)c2)cc1.[H-].[K+].[K+].c1ccc(-c2cnc[nH]2)cc1. The number of hydrogen-bond acceptors (Lipinski definition) is 9. The van der Waals surface area contributed by atoms with Gasteiger partial charge in [-0.15, -0.1) is 23.2 Å². The third kappa shape index (κ3) is 27.6. The molecular formula is C56H57Cl2FK2N8O4. The van der Waals surface area contributed by atoms with Crippen LogP contribution in [-0.4, -0.2) is 47.2 Å². The largest absolute Gasteiger partial charge is 1.00 e. The molecule has 0 spiro atoms. The van der Waals surface area contributed by atoms with E-state index in [1.54, 1.807) is 43.2 Å². The van der Waals surface area contributed by atoms with E-state index >= 15 is 0 Å². The average Bonchev–Trinajstić information content (AvgIpc) is 4.29. The Morgan fingerprint density at radius 1 is 0.616 bits per heavy atom. The molecule has 73 heavy (non-hydrogen) atoms. The van der Waals surface area contributed by atoms with Crippen LogP contribution in [0.3, 0.4) is 0 Å². The van der Waals surface area contributed by atoms with E-state index in [-0.39, 0.29) is 122 Å². The molecule has 0 bridgehead atoms. The van der Waals surface area contributed by atoms with Gasteiger partial charge in [-0.1, -0.05) is 133 Å². The molecule has 0 radical (unpaired) electrons. The number of H-pyrrole nitrogens is 1. The number of alkyl halides is 2. The third-order valence-corrected chi connectivity index (χ3v) is 8.52. The zero-order valence-electron chi connectivity index (χ0n) is 43.3. The number of hydrogen-bond donors (Lipinski definition) is 1. The van der Waals surface area contributed by atoms with Crippen molar-refractivity contribution in [3.05, 3.63) is 224 Å². The molecule has 3 heterocycles. The van der Waals surface area contributed by atoms with E-state index in [4.69, 9.17) is 43.8 Å². The molecule has 0 aliphatic heterocycles. The molecule has 0 unspecified atom stereocenters. The molecule has 368 valence electrons. The Hall–Kier alpha value is -5.19. The fourth-order valence-electron chi connectivity index (χ4n) is 5.43. The van der Waals surface area contributed by atoms with Crippen LogP contribution in [-0.2, 0) is 9.68 Å². The summed E-state index contributed by atoms with van der Waals surface area (Å²) in [7, 11) is 0. The first-order valence-electron chi connectivity index (χ1n) is 22.1. The maximum atomic E-state index is 12.1. The number of rotatable bonds is 7. The minimum absolute atomic E-state index is 0. The van der Waals surface area contributed by atoms with Gasteiger partial charge in [-0.2, -0.15) is 10.5 Å². The number of carbonyl (C=O) groups excluding carboxylic acids is 2. The van der Waals surface area contributed by atoms with Crippen molar-refractivity contribution in [1.29, 1.82) is 10.5 Å². The van der Waals surface area contributed by atoms with Gasteiger partial charge >= 0.3 is 103 Å². The molecule has 3 aromatic heterocycles. The van der Waals surface area contributed by atoms with Crippen LogP contribution in [0, 0.1) is 28.5 Å². The number of nitrogens with zero attached hydrogens (tertiary/aromatic N) is 7. The fourth-order valence-corrected chi connectivity index (χ4v) is 5.43. The molecule has 0 saturated carbocycles. The Labute approximate surface area is 525 Å². The van der Waals surface area contributed by atoms with E-state index in [0.717, 1.165) is 45.9 Å². The molecule has 0 aliphatic carbocycles. The molecule has 0 atom stereocenters. The number of carbonyl (C=O) groups is 2. The van der Waals surface area contributed by atoms with Gasteiger partial charge in [0.15, 0.2) is 0 Å². The quantitative estimate of drug-likeness (QED) is 0.0554. The van der Waals surface area contributed by atoms with Crippen molar-refractivity contribution in [3.63, 3.8) is 0 Å². The predicted octanol–water partition coefficient (Wildman–Crippen LogP) is 7.59. The molecule has 9 rings (SSSR count). The van der Waals surface area contributed by atoms with Crippen LogP contribution in [0.25, 0.3) is 45.1 Å². The van der Waals surface area contributed by atoms with Gasteiger partial charge in [0.1, 0.15) is 12.1 Å². The van der Waals surface area contributed by atoms with Crippen LogP contribution in [0.4, 0.5) is 4.39 Å². The standard InChI is InChI=1S/C16H11N3.C16H12N2O.C9H8N2.C7H4FN.3C2H6.CH2Cl2.CH2O3.2K.H/c17-10-13-6-8-15(9-7-13)19-11-16(18-12-19)14-4-2-1-3-5-14;19-11-13-6-8-15(9-7-13)18-10-16(17-12-18)14-4-2-1-3-5-14;1-2-4-8(5-3-1)9-6-10-7-11-9;8-7-3-1-6(5-9)2-4-7;3*1-2;2-1-3;2-1-4-3;;;/h1-9,11-12H;1-12H;1-7H,(H,10,11);1-4H;3*1-2H3;1H2;1,3H;;;/q;;;;;;;;;2*+1;-1/p-1. The molecule has 6 aromatic carbocycles. The predicted molar refractivity (Wildman–Crippen MR) is 282 cm³/mol. The molecule has 9 aromatic rings. The Kier molecular flexibility index (Phi) is 43.5. The first-order valence-corrected chi connectivity index (χ1v) is 23.2. The second kappa shape index (κ2) is 45.4. The van der Waals surface area contributed by atoms with E-state index in [0.29, 0.717) is 16.7 Å². The molecule has 0 amide bonds. The topological polar surface area (TPSA) is 178 Å². The third-order valence-electron chi connectivity index (χ3n) is 8.52. The van der Waals surface area contributed by atoms with Gasteiger partial charge in [-0.05, 0) is 78.4 Å². The van der Waals surface area contributed by atoms with Crippen molar-refractivity contribution < 1.29 is 128 Å². The van der Waals surface area contributed by atoms with Crippen LogP contribution in [0.5, 0.6) is 0 Å². The second-order valence-corrected chi connectivity index (χ2v) is 13.5. The number of benzene rings is 6. The molecule has 17 heteroatoms. The summed E-state index contributed by atoms with van der Waals surface area (Å²) in [4.78, 5) is 37.7. The monoisotopic (exact) mass is 1070 g/mol. The Bertz CT molecular complexity index is 2820. The van der Waals surface area contributed by atoms with Crippen molar-refractivity contribution in [1.82, 2.24) is 29.1 Å². The first-order chi connectivity index (χ1) is 34.8. The van der Waals surface area contributed by atoms with E-state index in [1.165, 1.54) is 29.8 Å². The minimum Gasteiger partial charge on any atom is -1.00 e. The van der Waals surface area contributed by atoms with Crippen molar-refractivity contribution in [2.45, 2.75) is 41.5 Å². The van der Waals surface area contributed by atoms with Crippen molar-refractivity contribution in [2.24, 2.45) is 0 Å². The molecular weight excluding hydrogens is 1020 g/mol. The maximum absolute atomic E-state index is 12.1. The van der Waals surface area contributed by atoms with Gasteiger partial charge in [0.25, 0.3) is 6.47 Å². The summed E-state index contributed by atoms with van der Waals surface area (Å²) in [6.45, 7) is 11.8. The van der Waals surface area contributed by atoms with Crippen molar-refractivity contribution >= 4 is 36.0 Å². The van der Waals surface area contributed by atoms with E-state index in [9.17, 15) is 9.18 Å². The summed E-state index contributed by atoms with van der Waals surface area (Å²) in [5.74, 6) is -0.311. The van der Waals surface area contributed by atoms with Crippen LogP contribution in [0.15, 0.2) is 201 Å². The number of aromatic nitrogens is 6. The number of nitriles is 2. The summed E-state index contributed by atoms with van der Waals surface area (Å²) in [6, 6.07) is 54.4. The Balaban J connectivity index is -0.000000856. The van der Waals surface area contributed by atoms with Gasteiger partial charge in [0.05, 0.1) is 70.9 Å². The van der Waals surface area contributed by atoms with E-state index in [2.05, 4.69) is 30.9 Å². The molecule has 12 nitrogen and oxygen atoms in total. The van der Waals surface area contributed by atoms with Gasteiger partial charge in [-0.3, -0.25) is 9.59 Å².